The molecule has 0 radical (unpaired) electrons. The van der Waals surface area contributed by atoms with E-state index in [1.807, 2.05) is 32.0 Å². The summed E-state index contributed by atoms with van der Waals surface area (Å²) in [5.74, 6) is 0.348. The van der Waals surface area contributed by atoms with Gasteiger partial charge in [0.15, 0.2) is 0 Å². The van der Waals surface area contributed by atoms with Crippen LogP contribution in [0.4, 0.5) is 5.69 Å². The zero-order valence-corrected chi connectivity index (χ0v) is 21.3. The van der Waals surface area contributed by atoms with Crippen LogP contribution >= 0.6 is 11.6 Å². The molecule has 3 aromatic carbocycles. The molecule has 1 amide bonds. The number of hydrogen-bond donors (Lipinski definition) is 1. The van der Waals surface area contributed by atoms with E-state index in [9.17, 15) is 13.2 Å². The third kappa shape index (κ3) is 5.54. The fraction of sp³-hybridized carbons (Fsp3) is 0.269. The van der Waals surface area contributed by atoms with Gasteiger partial charge >= 0.3 is 0 Å². The molecule has 3 rings (SSSR count). The quantitative estimate of drug-likeness (QED) is 0.425. The van der Waals surface area contributed by atoms with Gasteiger partial charge in [-0.15, -0.1) is 0 Å². The van der Waals surface area contributed by atoms with E-state index in [1.165, 1.54) is 12.1 Å². The standard InChI is InChI=1S/C26H29ClN2O4S/c1-5-23(20-14-15-25(33-4)18(2)16-20)28-26(30)17-29(24-13-9-12-22(27)19(24)3)34(31,32)21-10-7-6-8-11-21/h6-16,23H,5,17H2,1-4H3,(H,28,30). The molecule has 1 N–H and O–H groups in total. The average Bonchev–Trinajstić information content (AvgIpc) is 2.83. The summed E-state index contributed by atoms with van der Waals surface area (Å²) in [6.07, 6.45) is 0.638. The number of carbonyl (C=O) groups excluding carboxylic acids is 1. The summed E-state index contributed by atoms with van der Waals surface area (Å²) >= 11 is 6.28. The fourth-order valence-electron chi connectivity index (χ4n) is 3.80. The smallest absolute Gasteiger partial charge is 0.264 e. The van der Waals surface area contributed by atoms with Gasteiger partial charge in [0.2, 0.25) is 5.91 Å². The van der Waals surface area contributed by atoms with Gasteiger partial charge in [-0.3, -0.25) is 9.10 Å². The highest BCUT2D eigenvalue weighted by Gasteiger charge is 2.29. The first kappa shape index (κ1) is 25.6. The zero-order valence-electron chi connectivity index (χ0n) is 19.7. The minimum atomic E-state index is -4.01. The lowest BCUT2D eigenvalue weighted by atomic mass is 10.0. The van der Waals surface area contributed by atoms with Gasteiger partial charge in [0.25, 0.3) is 10.0 Å². The maximum absolute atomic E-state index is 13.6. The third-order valence-electron chi connectivity index (χ3n) is 5.69. The van der Waals surface area contributed by atoms with Crippen LogP contribution in [-0.2, 0) is 14.8 Å². The normalized spacial score (nSPS) is 12.1. The number of nitrogens with one attached hydrogen (secondary N) is 1. The number of amides is 1. The van der Waals surface area contributed by atoms with Crippen LogP contribution in [0.15, 0.2) is 71.6 Å². The molecule has 0 spiro atoms. The Balaban J connectivity index is 1.94. The number of sulfonamides is 1. The molecular formula is C26H29ClN2O4S. The number of hydrogen-bond acceptors (Lipinski definition) is 4. The topological polar surface area (TPSA) is 75.7 Å². The molecule has 0 saturated carbocycles. The highest BCUT2D eigenvalue weighted by Crippen LogP contribution is 2.31. The van der Waals surface area contributed by atoms with E-state index in [2.05, 4.69) is 5.32 Å². The van der Waals surface area contributed by atoms with Gasteiger partial charge in [0.05, 0.1) is 23.7 Å². The summed E-state index contributed by atoms with van der Waals surface area (Å²) in [6, 6.07) is 18.5. The van der Waals surface area contributed by atoms with E-state index in [-0.39, 0.29) is 17.5 Å². The van der Waals surface area contributed by atoms with Crippen LogP contribution in [0, 0.1) is 13.8 Å². The minimum Gasteiger partial charge on any atom is -0.496 e. The van der Waals surface area contributed by atoms with Crippen molar-refractivity contribution in [3.8, 4) is 5.75 Å². The first-order valence-electron chi connectivity index (χ1n) is 11.0. The number of carbonyl (C=O) groups is 1. The molecule has 8 heteroatoms. The lowest BCUT2D eigenvalue weighted by molar-refractivity contribution is -0.120. The summed E-state index contributed by atoms with van der Waals surface area (Å²) < 4.78 is 33.6. The second-order valence-corrected chi connectivity index (χ2v) is 10.2. The molecule has 0 aliphatic rings. The Bertz CT molecular complexity index is 1260. The predicted octanol–water partition coefficient (Wildman–Crippen LogP) is 5.43. The van der Waals surface area contributed by atoms with Crippen molar-refractivity contribution in [3.63, 3.8) is 0 Å². The van der Waals surface area contributed by atoms with Crippen molar-refractivity contribution in [2.45, 2.75) is 38.1 Å². The number of nitrogens with zero attached hydrogens (tertiary/aromatic N) is 1. The zero-order chi connectivity index (χ0) is 24.9. The predicted molar refractivity (Wildman–Crippen MR) is 136 cm³/mol. The van der Waals surface area contributed by atoms with E-state index in [0.717, 1.165) is 21.2 Å². The Morgan fingerprint density at radius 3 is 2.38 bits per heavy atom. The average molecular weight is 501 g/mol. The van der Waals surface area contributed by atoms with Crippen molar-refractivity contribution < 1.29 is 17.9 Å². The van der Waals surface area contributed by atoms with E-state index in [1.54, 1.807) is 50.4 Å². The second-order valence-electron chi connectivity index (χ2n) is 7.97. The molecule has 0 heterocycles. The van der Waals surface area contributed by atoms with Gasteiger partial charge in [0, 0.05) is 5.02 Å². The van der Waals surface area contributed by atoms with Crippen LogP contribution in [0.25, 0.3) is 0 Å². The number of methoxy groups -OCH3 is 1. The van der Waals surface area contributed by atoms with Gasteiger partial charge in [-0.25, -0.2) is 8.42 Å². The van der Waals surface area contributed by atoms with Crippen molar-refractivity contribution in [2.75, 3.05) is 18.0 Å². The number of halogens is 1. The molecule has 1 unspecified atom stereocenters. The van der Waals surface area contributed by atoms with Gasteiger partial charge in [-0.05, 0) is 67.3 Å². The van der Waals surface area contributed by atoms with Crippen molar-refractivity contribution >= 4 is 33.2 Å². The Kier molecular flexibility index (Phi) is 8.23. The summed E-state index contributed by atoms with van der Waals surface area (Å²) in [6.45, 7) is 5.25. The van der Waals surface area contributed by atoms with Crippen LogP contribution in [0.5, 0.6) is 5.75 Å². The van der Waals surface area contributed by atoms with E-state index in [0.29, 0.717) is 22.7 Å². The van der Waals surface area contributed by atoms with E-state index in [4.69, 9.17) is 16.3 Å². The van der Waals surface area contributed by atoms with Crippen molar-refractivity contribution in [1.82, 2.24) is 5.32 Å². The SMILES string of the molecule is CCC(NC(=O)CN(c1cccc(Cl)c1C)S(=O)(=O)c1ccccc1)c1ccc(OC)c(C)c1. The Morgan fingerprint density at radius 2 is 1.76 bits per heavy atom. The summed E-state index contributed by atoms with van der Waals surface area (Å²) in [5.41, 5.74) is 2.82. The number of aryl methyl sites for hydroxylation is 1. The second kappa shape index (κ2) is 10.9. The maximum Gasteiger partial charge on any atom is 0.264 e. The van der Waals surface area contributed by atoms with Gasteiger partial charge in [0.1, 0.15) is 12.3 Å². The molecule has 34 heavy (non-hydrogen) atoms. The molecule has 0 aliphatic carbocycles. The lowest BCUT2D eigenvalue weighted by Gasteiger charge is -2.27. The molecule has 0 aliphatic heterocycles. The minimum absolute atomic E-state index is 0.0972. The van der Waals surface area contributed by atoms with Crippen LogP contribution in [0.2, 0.25) is 5.02 Å². The molecule has 3 aromatic rings. The number of ether oxygens (including phenoxy) is 1. The lowest BCUT2D eigenvalue weighted by Crippen LogP contribution is -2.42. The largest absolute Gasteiger partial charge is 0.496 e. The van der Waals surface area contributed by atoms with Crippen molar-refractivity contribution in [2.24, 2.45) is 0 Å². The number of rotatable bonds is 9. The highest BCUT2D eigenvalue weighted by atomic mass is 35.5. The van der Waals surface area contributed by atoms with Crippen LogP contribution in [0.3, 0.4) is 0 Å². The molecule has 0 aromatic heterocycles. The summed E-state index contributed by atoms with van der Waals surface area (Å²) in [7, 11) is -2.40. The molecule has 0 bridgehead atoms. The Labute approximate surface area is 206 Å². The Hall–Kier alpha value is -3.03. The van der Waals surface area contributed by atoms with Crippen LogP contribution in [0.1, 0.15) is 36.1 Å². The molecule has 0 fully saturated rings. The summed E-state index contributed by atoms with van der Waals surface area (Å²) in [5, 5.41) is 3.41. The third-order valence-corrected chi connectivity index (χ3v) is 7.87. The van der Waals surface area contributed by atoms with E-state index >= 15 is 0 Å². The monoisotopic (exact) mass is 500 g/mol. The molecule has 0 saturated heterocycles. The Morgan fingerprint density at radius 1 is 1.06 bits per heavy atom. The van der Waals surface area contributed by atoms with Crippen molar-refractivity contribution in [3.05, 3.63) is 88.4 Å². The summed E-state index contributed by atoms with van der Waals surface area (Å²) in [4.78, 5) is 13.3. The first-order valence-corrected chi connectivity index (χ1v) is 12.8. The maximum atomic E-state index is 13.6. The first-order chi connectivity index (χ1) is 16.2. The number of benzene rings is 3. The number of anilines is 1. The fourth-order valence-corrected chi connectivity index (χ4v) is 5.46. The molecule has 1 atom stereocenters. The molecular weight excluding hydrogens is 472 g/mol. The van der Waals surface area contributed by atoms with Crippen LogP contribution < -0.4 is 14.4 Å². The highest BCUT2D eigenvalue weighted by molar-refractivity contribution is 7.92. The molecule has 6 nitrogen and oxygen atoms in total. The van der Waals surface area contributed by atoms with E-state index < -0.39 is 15.9 Å². The van der Waals surface area contributed by atoms with Gasteiger partial charge in [-0.1, -0.05) is 54.9 Å². The molecule has 180 valence electrons. The van der Waals surface area contributed by atoms with Crippen LogP contribution in [-0.4, -0.2) is 28.0 Å². The van der Waals surface area contributed by atoms with Crippen molar-refractivity contribution in [1.29, 1.82) is 0 Å². The van der Waals surface area contributed by atoms with Gasteiger partial charge < -0.3 is 10.1 Å². The van der Waals surface area contributed by atoms with Gasteiger partial charge in [-0.2, -0.15) is 0 Å².